The van der Waals surface area contributed by atoms with Crippen LogP contribution in [0.4, 0.5) is 4.79 Å². The molecule has 0 unspecified atom stereocenters. The molecule has 2 saturated carbocycles. The van der Waals surface area contributed by atoms with Crippen molar-refractivity contribution in [2.75, 3.05) is 13.2 Å². The number of carbonyl (C=O) groups is 1. The van der Waals surface area contributed by atoms with Crippen molar-refractivity contribution in [3.05, 3.63) is 29.8 Å². The number of urea groups is 1. The summed E-state index contributed by atoms with van der Waals surface area (Å²) in [7, 11) is 0. The van der Waals surface area contributed by atoms with Crippen molar-refractivity contribution in [3.63, 3.8) is 0 Å². The largest absolute Gasteiger partial charge is 0.490 e. The molecule has 2 fully saturated rings. The minimum atomic E-state index is -0.102. The van der Waals surface area contributed by atoms with E-state index in [1.54, 1.807) is 4.90 Å². The van der Waals surface area contributed by atoms with Gasteiger partial charge >= 0.3 is 6.03 Å². The van der Waals surface area contributed by atoms with Crippen LogP contribution in [0, 0.1) is 0 Å². The molecule has 0 heterocycles. The van der Waals surface area contributed by atoms with Gasteiger partial charge in [-0.2, -0.15) is 0 Å². The van der Waals surface area contributed by atoms with Gasteiger partial charge in [-0.05, 0) is 38.2 Å². The molecule has 1 aromatic rings. The zero-order valence-electron chi connectivity index (χ0n) is 12.8. The van der Waals surface area contributed by atoms with E-state index in [1.807, 2.05) is 24.3 Å². The van der Waals surface area contributed by atoms with Crippen LogP contribution in [0.25, 0.3) is 0 Å². The lowest BCUT2D eigenvalue weighted by Crippen LogP contribution is -2.42. The van der Waals surface area contributed by atoms with Gasteiger partial charge in [-0.3, -0.25) is 0 Å². The van der Waals surface area contributed by atoms with E-state index in [9.17, 15) is 4.79 Å². The number of amides is 2. The highest BCUT2D eigenvalue weighted by atomic mass is 16.5. The Morgan fingerprint density at radius 1 is 1.27 bits per heavy atom. The molecule has 2 amide bonds. The standard InChI is InChI=1S/C17H24N2O3/c20-11-10-19(14-8-9-14)17(21)18-12-13-4-1-2-7-16(13)22-15-5-3-6-15/h1-2,4,7,14-15,20H,3,5-6,8-12H2,(H,18,21). The Labute approximate surface area is 131 Å². The summed E-state index contributed by atoms with van der Waals surface area (Å²) >= 11 is 0. The number of carbonyl (C=O) groups excluding carboxylic acids is 1. The SMILES string of the molecule is O=C(NCc1ccccc1OC1CCC1)N(CCO)C1CC1. The van der Waals surface area contributed by atoms with Crippen LogP contribution < -0.4 is 10.1 Å². The highest BCUT2D eigenvalue weighted by Gasteiger charge is 2.32. The molecule has 0 aliphatic heterocycles. The minimum absolute atomic E-state index is 0.00526. The first-order valence-corrected chi connectivity index (χ1v) is 8.18. The van der Waals surface area contributed by atoms with Crippen molar-refractivity contribution >= 4 is 6.03 Å². The molecule has 0 radical (unpaired) electrons. The Kier molecular flexibility index (Phi) is 4.83. The molecule has 2 N–H and O–H groups in total. The quantitative estimate of drug-likeness (QED) is 0.812. The number of para-hydroxylation sites is 1. The molecule has 3 rings (SSSR count). The Morgan fingerprint density at radius 3 is 2.68 bits per heavy atom. The molecule has 2 aliphatic carbocycles. The third-order valence-electron chi connectivity index (χ3n) is 4.34. The van der Waals surface area contributed by atoms with Gasteiger partial charge in [0, 0.05) is 24.7 Å². The number of ether oxygens (including phenoxy) is 1. The number of benzene rings is 1. The van der Waals surface area contributed by atoms with Crippen molar-refractivity contribution in [2.24, 2.45) is 0 Å². The van der Waals surface area contributed by atoms with E-state index in [0.717, 1.165) is 37.0 Å². The Hall–Kier alpha value is -1.75. The van der Waals surface area contributed by atoms with Crippen molar-refractivity contribution < 1.29 is 14.6 Å². The zero-order valence-corrected chi connectivity index (χ0v) is 12.8. The van der Waals surface area contributed by atoms with Crippen LogP contribution in [0.3, 0.4) is 0 Å². The number of aliphatic hydroxyl groups is 1. The summed E-state index contributed by atoms with van der Waals surface area (Å²) in [6, 6.07) is 8.07. The third-order valence-corrected chi connectivity index (χ3v) is 4.34. The number of aliphatic hydroxyl groups excluding tert-OH is 1. The molecule has 0 bridgehead atoms. The number of nitrogens with one attached hydrogen (secondary N) is 1. The van der Waals surface area contributed by atoms with E-state index in [1.165, 1.54) is 6.42 Å². The fraction of sp³-hybridized carbons (Fsp3) is 0.588. The van der Waals surface area contributed by atoms with Gasteiger partial charge < -0.3 is 20.1 Å². The minimum Gasteiger partial charge on any atom is -0.490 e. The molecule has 120 valence electrons. The monoisotopic (exact) mass is 304 g/mol. The maximum atomic E-state index is 12.3. The molecule has 2 aliphatic rings. The van der Waals surface area contributed by atoms with Crippen molar-refractivity contribution in [2.45, 2.75) is 50.8 Å². The summed E-state index contributed by atoms with van der Waals surface area (Å²) < 4.78 is 5.98. The zero-order chi connectivity index (χ0) is 15.4. The van der Waals surface area contributed by atoms with Crippen LogP contribution in [-0.2, 0) is 6.54 Å². The van der Waals surface area contributed by atoms with Crippen LogP contribution >= 0.6 is 0 Å². The third kappa shape index (κ3) is 3.71. The highest BCUT2D eigenvalue weighted by molar-refractivity contribution is 5.75. The first kappa shape index (κ1) is 15.2. The van der Waals surface area contributed by atoms with Crippen LogP contribution in [0.15, 0.2) is 24.3 Å². The molecule has 5 nitrogen and oxygen atoms in total. The molecule has 22 heavy (non-hydrogen) atoms. The summed E-state index contributed by atoms with van der Waals surface area (Å²) in [6.07, 6.45) is 5.87. The topological polar surface area (TPSA) is 61.8 Å². The van der Waals surface area contributed by atoms with E-state index in [-0.39, 0.29) is 12.6 Å². The van der Waals surface area contributed by atoms with Gasteiger partial charge in [-0.25, -0.2) is 4.79 Å². The maximum Gasteiger partial charge on any atom is 0.317 e. The van der Waals surface area contributed by atoms with Gasteiger partial charge in [-0.15, -0.1) is 0 Å². The summed E-state index contributed by atoms with van der Waals surface area (Å²) in [4.78, 5) is 14.0. The van der Waals surface area contributed by atoms with Crippen LogP contribution in [0.2, 0.25) is 0 Å². The van der Waals surface area contributed by atoms with Gasteiger partial charge in [0.2, 0.25) is 0 Å². The number of nitrogens with zero attached hydrogens (tertiary/aromatic N) is 1. The Morgan fingerprint density at radius 2 is 2.05 bits per heavy atom. The molecule has 0 aromatic heterocycles. The lowest BCUT2D eigenvalue weighted by molar-refractivity contribution is 0.119. The molecule has 0 saturated heterocycles. The van der Waals surface area contributed by atoms with Gasteiger partial charge in [-0.1, -0.05) is 18.2 Å². The smallest absolute Gasteiger partial charge is 0.317 e. The molecule has 0 atom stereocenters. The summed E-state index contributed by atoms with van der Waals surface area (Å²) in [5.74, 6) is 0.868. The summed E-state index contributed by atoms with van der Waals surface area (Å²) in [5.41, 5.74) is 1.00. The predicted molar refractivity (Wildman–Crippen MR) is 83.8 cm³/mol. The van der Waals surface area contributed by atoms with E-state index in [0.29, 0.717) is 25.2 Å². The average Bonchev–Trinajstić information content (AvgIpc) is 3.31. The van der Waals surface area contributed by atoms with Gasteiger partial charge in [0.1, 0.15) is 5.75 Å². The summed E-state index contributed by atoms with van der Waals surface area (Å²) in [6.45, 7) is 0.860. The number of rotatable bonds is 7. The van der Waals surface area contributed by atoms with Gasteiger partial charge in [0.25, 0.3) is 0 Å². The normalized spacial score (nSPS) is 17.7. The Bertz CT molecular complexity index is 512. The van der Waals surface area contributed by atoms with Crippen LogP contribution in [-0.4, -0.2) is 41.3 Å². The fourth-order valence-electron chi connectivity index (χ4n) is 2.65. The fourth-order valence-corrected chi connectivity index (χ4v) is 2.65. The van der Waals surface area contributed by atoms with Crippen LogP contribution in [0.1, 0.15) is 37.7 Å². The molecule has 1 aromatic carbocycles. The van der Waals surface area contributed by atoms with Crippen molar-refractivity contribution in [1.29, 1.82) is 0 Å². The number of hydrogen-bond acceptors (Lipinski definition) is 3. The second-order valence-corrected chi connectivity index (χ2v) is 6.09. The molecule has 5 heteroatoms. The van der Waals surface area contributed by atoms with E-state index in [4.69, 9.17) is 9.84 Å². The lowest BCUT2D eigenvalue weighted by atomic mass is 9.96. The summed E-state index contributed by atoms with van der Waals surface area (Å²) in [5, 5.41) is 12.0. The van der Waals surface area contributed by atoms with Gasteiger partial charge in [0.05, 0.1) is 12.7 Å². The first-order chi connectivity index (χ1) is 10.8. The molecular formula is C17H24N2O3. The second-order valence-electron chi connectivity index (χ2n) is 6.09. The van der Waals surface area contributed by atoms with Crippen molar-refractivity contribution in [1.82, 2.24) is 10.2 Å². The van der Waals surface area contributed by atoms with E-state index in [2.05, 4.69) is 5.32 Å². The van der Waals surface area contributed by atoms with Crippen molar-refractivity contribution in [3.8, 4) is 5.75 Å². The lowest BCUT2D eigenvalue weighted by Gasteiger charge is -2.28. The molecular weight excluding hydrogens is 280 g/mol. The van der Waals surface area contributed by atoms with Gasteiger partial charge in [0.15, 0.2) is 0 Å². The first-order valence-electron chi connectivity index (χ1n) is 8.18. The van der Waals surface area contributed by atoms with E-state index >= 15 is 0 Å². The molecule has 0 spiro atoms. The van der Waals surface area contributed by atoms with Crippen LogP contribution in [0.5, 0.6) is 5.75 Å². The Balaban J connectivity index is 1.56. The predicted octanol–water partition coefficient (Wildman–Crippen LogP) is 2.28. The van der Waals surface area contributed by atoms with E-state index < -0.39 is 0 Å². The highest BCUT2D eigenvalue weighted by Crippen LogP contribution is 2.28. The second kappa shape index (κ2) is 7.01. The number of hydrogen-bond donors (Lipinski definition) is 2. The average molecular weight is 304 g/mol. The maximum absolute atomic E-state index is 12.3.